The molecular weight excluding hydrogens is 415 g/mol. The second kappa shape index (κ2) is 9.17. The molecule has 2 N–H and O–H groups in total. The molecule has 0 unspecified atom stereocenters. The van der Waals surface area contributed by atoms with Crippen LogP contribution in [0.2, 0.25) is 0 Å². The molecule has 1 fully saturated rings. The monoisotopic (exact) mass is 438 g/mol. The molecule has 166 valence electrons. The number of hydrogen-bond acceptors (Lipinski definition) is 5. The summed E-state index contributed by atoms with van der Waals surface area (Å²) < 4.78 is 18.9. The van der Waals surface area contributed by atoms with E-state index in [-0.39, 0.29) is 23.5 Å². The minimum atomic E-state index is -0.815. The highest BCUT2D eigenvalue weighted by Gasteiger charge is 2.28. The number of halogens is 1. The number of H-pyrrole nitrogens is 1. The lowest BCUT2D eigenvalue weighted by molar-refractivity contribution is -0.134. The Labute approximate surface area is 183 Å². The zero-order chi connectivity index (χ0) is 22.7. The molecule has 1 aliphatic rings. The zero-order valence-electron chi connectivity index (χ0n) is 17.5. The Morgan fingerprint density at radius 1 is 1.16 bits per heavy atom. The number of amides is 2. The van der Waals surface area contributed by atoms with Gasteiger partial charge in [0, 0.05) is 25.9 Å². The predicted octanol–water partition coefficient (Wildman–Crippen LogP) is 2.25. The van der Waals surface area contributed by atoms with Crippen LogP contribution in [0.15, 0.2) is 53.3 Å². The third-order valence-corrected chi connectivity index (χ3v) is 5.40. The van der Waals surface area contributed by atoms with Gasteiger partial charge >= 0.3 is 0 Å². The molecule has 1 atom stereocenters. The summed E-state index contributed by atoms with van der Waals surface area (Å²) >= 11 is 0. The van der Waals surface area contributed by atoms with Crippen LogP contribution in [0.4, 0.5) is 4.39 Å². The minimum absolute atomic E-state index is 0.0743. The van der Waals surface area contributed by atoms with E-state index in [2.05, 4.69) is 15.3 Å². The van der Waals surface area contributed by atoms with Crippen molar-refractivity contribution in [3.05, 3.63) is 70.4 Å². The van der Waals surface area contributed by atoms with Crippen molar-refractivity contribution in [1.29, 1.82) is 0 Å². The first-order valence-corrected chi connectivity index (χ1v) is 10.4. The Bertz CT molecular complexity index is 1190. The Morgan fingerprint density at radius 2 is 1.84 bits per heavy atom. The van der Waals surface area contributed by atoms with Crippen molar-refractivity contribution in [2.75, 3.05) is 13.1 Å². The first-order chi connectivity index (χ1) is 15.4. The van der Waals surface area contributed by atoms with Crippen molar-refractivity contribution >= 4 is 22.8 Å². The molecule has 4 rings (SSSR count). The van der Waals surface area contributed by atoms with Crippen LogP contribution in [0.5, 0.6) is 5.75 Å². The van der Waals surface area contributed by atoms with Gasteiger partial charge in [0.1, 0.15) is 23.7 Å². The van der Waals surface area contributed by atoms with E-state index >= 15 is 0 Å². The van der Waals surface area contributed by atoms with E-state index in [0.717, 1.165) is 0 Å². The smallest absolute Gasteiger partial charge is 0.280 e. The molecule has 1 saturated heterocycles. The van der Waals surface area contributed by atoms with Gasteiger partial charge in [0.2, 0.25) is 5.91 Å². The first kappa shape index (κ1) is 21.5. The fourth-order valence-corrected chi connectivity index (χ4v) is 3.68. The van der Waals surface area contributed by atoms with E-state index in [1.807, 2.05) is 0 Å². The number of nitrogens with one attached hydrogen (secondary N) is 2. The van der Waals surface area contributed by atoms with E-state index in [1.54, 1.807) is 48.2 Å². The average Bonchev–Trinajstić information content (AvgIpc) is 2.80. The standard InChI is InChI=1S/C23H23FN4O4/c1-14(25-21(29)20-22(30)27-19-5-3-2-4-18(19)26-20)23(31)28-12-10-17(11-13-28)32-16-8-6-15(24)7-9-16/h2-9,14,17H,10-13H2,1H3,(H,25,29)(H,27,30)/t14-/m0/s1. The number of nitrogens with zero attached hydrogens (tertiary/aromatic N) is 2. The molecule has 9 heteroatoms. The molecule has 0 spiro atoms. The van der Waals surface area contributed by atoms with E-state index in [4.69, 9.17) is 4.74 Å². The summed E-state index contributed by atoms with van der Waals surface area (Å²) in [6.45, 7) is 2.52. The Hall–Kier alpha value is -3.75. The van der Waals surface area contributed by atoms with E-state index in [0.29, 0.717) is 42.7 Å². The number of likely N-dealkylation sites (tertiary alicyclic amines) is 1. The lowest BCUT2D eigenvalue weighted by atomic mass is 10.1. The normalized spacial score (nSPS) is 15.4. The molecule has 2 aromatic carbocycles. The Kier molecular flexibility index (Phi) is 6.16. The van der Waals surface area contributed by atoms with Gasteiger partial charge in [-0.05, 0) is 43.3 Å². The van der Waals surface area contributed by atoms with Gasteiger partial charge in [-0.3, -0.25) is 14.4 Å². The topological polar surface area (TPSA) is 104 Å². The Balaban J connectivity index is 1.33. The van der Waals surface area contributed by atoms with Crippen LogP contribution in [-0.2, 0) is 4.79 Å². The maximum atomic E-state index is 13.0. The molecule has 32 heavy (non-hydrogen) atoms. The van der Waals surface area contributed by atoms with Gasteiger partial charge in [0.15, 0.2) is 5.69 Å². The molecule has 2 heterocycles. The fraction of sp³-hybridized carbons (Fsp3) is 0.304. The number of benzene rings is 2. The molecule has 1 aromatic heterocycles. The molecule has 0 saturated carbocycles. The molecule has 1 aliphatic heterocycles. The third kappa shape index (κ3) is 4.77. The number of aromatic amines is 1. The summed E-state index contributed by atoms with van der Waals surface area (Å²) in [7, 11) is 0. The van der Waals surface area contributed by atoms with Gasteiger partial charge in [0.05, 0.1) is 11.0 Å². The highest BCUT2D eigenvalue weighted by molar-refractivity contribution is 5.96. The fourth-order valence-electron chi connectivity index (χ4n) is 3.68. The zero-order valence-corrected chi connectivity index (χ0v) is 17.5. The largest absolute Gasteiger partial charge is 0.490 e. The SMILES string of the molecule is C[C@H](NC(=O)c1nc2ccccc2[nH]c1=O)C(=O)N1CCC(Oc2ccc(F)cc2)CC1. The molecule has 0 aliphatic carbocycles. The highest BCUT2D eigenvalue weighted by Crippen LogP contribution is 2.20. The number of carbonyl (C=O) groups excluding carboxylic acids is 2. The summed E-state index contributed by atoms with van der Waals surface area (Å²) in [6, 6.07) is 11.9. The van der Waals surface area contributed by atoms with E-state index in [1.165, 1.54) is 12.1 Å². The quantitative estimate of drug-likeness (QED) is 0.636. The van der Waals surface area contributed by atoms with Crippen LogP contribution in [0.3, 0.4) is 0 Å². The molecule has 0 bridgehead atoms. The molecule has 8 nitrogen and oxygen atoms in total. The third-order valence-electron chi connectivity index (χ3n) is 5.40. The van der Waals surface area contributed by atoms with Gasteiger partial charge in [-0.2, -0.15) is 0 Å². The van der Waals surface area contributed by atoms with Crippen molar-refractivity contribution in [2.24, 2.45) is 0 Å². The van der Waals surface area contributed by atoms with Crippen LogP contribution < -0.4 is 15.6 Å². The number of rotatable bonds is 5. The van der Waals surface area contributed by atoms with Crippen LogP contribution in [0.25, 0.3) is 11.0 Å². The van der Waals surface area contributed by atoms with Gasteiger partial charge < -0.3 is 19.9 Å². The maximum Gasteiger partial charge on any atom is 0.280 e. The molecule has 3 aromatic rings. The minimum Gasteiger partial charge on any atom is -0.490 e. The number of fused-ring (bicyclic) bond motifs is 1. The summed E-state index contributed by atoms with van der Waals surface area (Å²) in [5.74, 6) is -0.678. The molecule has 2 amide bonds. The predicted molar refractivity (Wildman–Crippen MR) is 116 cm³/mol. The van der Waals surface area contributed by atoms with Gasteiger partial charge in [-0.1, -0.05) is 12.1 Å². The van der Waals surface area contributed by atoms with Gasteiger partial charge in [0.25, 0.3) is 11.5 Å². The lowest BCUT2D eigenvalue weighted by Crippen LogP contribution is -2.51. The second-order valence-electron chi connectivity index (χ2n) is 7.72. The van der Waals surface area contributed by atoms with Crippen molar-refractivity contribution in [3.8, 4) is 5.75 Å². The first-order valence-electron chi connectivity index (χ1n) is 10.4. The lowest BCUT2D eigenvalue weighted by Gasteiger charge is -2.33. The average molecular weight is 438 g/mol. The highest BCUT2D eigenvalue weighted by atomic mass is 19.1. The van der Waals surface area contributed by atoms with Crippen molar-refractivity contribution in [1.82, 2.24) is 20.2 Å². The Morgan fingerprint density at radius 3 is 2.56 bits per heavy atom. The number of piperidine rings is 1. The van der Waals surface area contributed by atoms with Gasteiger partial charge in [-0.25, -0.2) is 9.37 Å². The second-order valence-corrected chi connectivity index (χ2v) is 7.72. The summed E-state index contributed by atoms with van der Waals surface area (Å²) in [5.41, 5.74) is 0.123. The number of hydrogen-bond donors (Lipinski definition) is 2. The molecule has 0 radical (unpaired) electrons. The van der Waals surface area contributed by atoms with E-state index in [9.17, 15) is 18.8 Å². The number of aromatic nitrogens is 2. The summed E-state index contributed by atoms with van der Waals surface area (Å²) in [5, 5.41) is 2.58. The van der Waals surface area contributed by atoms with E-state index < -0.39 is 17.5 Å². The van der Waals surface area contributed by atoms with Crippen molar-refractivity contribution in [3.63, 3.8) is 0 Å². The number of carbonyl (C=O) groups is 2. The van der Waals surface area contributed by atoms with Crippen LogP contribution >= 0.6 is 0 Å². The van der Waals surface area contributed by atoms with Crippen molar-refractivity contribution < 1.29 is 18.7 Å². The van der Waals surface area contributed by atoms with Crippen LogP contribution in [0.1, 0.15) is 30.3 Å². The number of ether oxygens (including phenoxy) is 1. The maximum absolute atomic E-state index is 13.0. The summed E-state index contributed by atoms with van der Waals surface area (Å²) in [6.07, 6.45) is 1.17. The summed E-state index contributed by atoms with van der Waals surface area (Å²) in [4.78, 5) is 46.0. The van der Waals surface area contributed by atoms with Crippen LogP contribution in [0, 0.1) is 5.82 Å². The van der Waals surface area contributed by atoms with Crippen LogP contribution in [-0.4, -0.2) is 51.9 Å². The number of para-hydroxylation sites is 2. The van der Waals surface area contributed by atoms with Gasteiger partial charge in [-0.15, -0.1) is 0 Å². The molecular formula is C23H23FN4O4. The van der Waals surface area contributed by atoms with Crippen molar-refractivity contribution in [2.45, 2.75) is 31.9 Å².